The number of hydrogen-bond acceptors (Lipinski definition) is 3. The Morgan fingerprint density at radius 2 is 2.17 bits per heavy atom. The molecule has 3 nitrogen and oxygen atoms in total. The van der Waals surface area contributed by atoms with E-state index in [2.05, 4.69) is 11.9 Å². The van der Waals surface area contributed by atoms with E-state index >= 15 is 0 Å². The average molecular weight is 247 g/mol. The first-order valence-corrected chi connectivity index (χ1v) is 6.36. The highest BCUT2D eigenvalue weighted by molar-refractivity contribution is 5.42. The van der Waals surface area contributed by atoms with Gasteiger partial charge in [-0.3, -0.25) is 0 Å². The zero-order chi connectivity index (χ0) is 13.0. The summed E-state index contributed by atoms with van der Waals surface area (Å²) < 4.78 is 11.0. The summed E-state index contributed by atoms with van der Waals surface area (Å²) >= 11 is 0. The van der Waals surface area contributed by atoms with Crippen molar-refractivity contribution in [1.82, 2.24) is 5.32 Å². The zero-order valence-electron chi connectivity index (χ0n) is 11.2. The Kier molecular flexibility index (Phi) is 4.26. The van der Waals surface area contributed by atoms with Crippen LogP contribution in [0.4, 0.5) is 0 Å². The second kappa shape index (κ2) is 5.91. The predicted molar refractivity (Wildman–Crippen MR) is 73.4 cm³/mol. The summed E-state index contributed by atoms with van der Waals surface area (Å²) in [6.45, 7) is 7.41. The molecule has 1 aromatic carbocycles. The molecule has 1 aromatic rings. The lowest BCUT2D eigenvalue weighted by Gasteiger charge is -2.13. The third-order valence-corrected chi connectivity index (χ3v) is 2.97. The first-order valence-electron chi connectivity index (χ1n) is 6.36. The fourth-order valence-electron chi connectivity index (χ4n) is 1.70. The summed E-state index contributed by atoms with van der Waals surface area (Å²) in [6, 6.07) is 6.63. The SMILES string of the molecule is C=C(CNC1CC1)COc1ccc(C)cc1OC. The fraction of sp³-hybridized carbons (Fsp3) is 0.467. The van der Waals surface area contributed by atoms with Crippen LogP contribution in [0.5, 0.6) is 11.5 Å². The summed E-state index contributed by atoms with van der Waals surface area (Å²) in [5.41, 5.74) is 2.22. The van der Waals surface area contributed by atoms with Crippen molar-refractivity contribution in [3.05, 3.63) is 35.9 Å². The monoisotopic (exact) mass is 247 g/mol. The van der Waals surface area contributed by atoms with Gasteiger partial charge in [0.05, 0.1) is 7.11 Å². The highest BCUT2D eigenvalue weighted by atomic mass is 16.5. The van der Waals surface area contributed by atoms with Gasteiger partial charge >= 0.3 is 0 Å². The molecule has 3 heteroatoms. The van der Waals surface area contributed by atoms with Gasteiger partial charge in [-0.25, -0.2) is 0 Å². The van der Waals surface area contributed by atoms with E-state index in [-0.39, 0.29) is 0 Å². The molecular weight excluding hydrogens is 226 g/mol. The van der Waals surface area contributed by atoms with E-state index in [1.807, 2.05) is 25.1 Å². The zero-order valence-corrected chi connectivity index (χ0v) is 11.2. The second-order valence-corrected chi connectivity index (χ2v) is 4.85. The molecule has 1 saturated carbocycles. The van der Waals surface area contributed by atoms with Crippen LogP contribution in [0.15, 0.2) is 30.4 Å². The van der Waals surface area contributed by atoms with Gasteiger partial charge in [-0.05, 0) is 43.0 Å². The Balaban J connectivity index is 1.82. The molecule has 0 saturated heterocycles. The lowest BCUT2D eigenvalue weighted by Crippen LogP contribution is -2.21. The van der Waals surface area contributed by atoms with Gasteiger partial charge in [0, 0.05) is 12.6 Å². The topological polar surface area (TPSA) is 30.5 Å². The molecule has 0 bridgehead atoms. The molecule has 0 atom stereocenters. The van der Waals surface area contributed by atoms with Crippen LogP contribution in [0.25, 0.3) is 0 Å². The molecule has 0 amide bonds. The number of rotatable bonds is 7. The van der Waals surface area contributed by atoms with Crippen LogP contribution in [-0.2, 0) is 0 Å². The Labute approximate surface area is 109 Å². The molecule has 18 heavy (non-hydrogen) atoms. The van der Waals surface area contributed by atoms with Gasteiger partial charge in [-0.1, -0.05) is 12.6 Å². The van der Waals surface area contributed by atoms with Crippen LogP contribution in [0, 0.1) is 6.92 Å². The number of hydrogen-bond donors (Lipinski definition) is 1. The number of aryl methyl sites for hydroxylation is 1. The van der Waals surface area contributed by atoms with Crippen LogP contribution < -0.4 is 14.8 Å². The summed E-state index contributed by atoms with van der Waals surface area (Å²) in [6.07, 6.45) is 2.58. The quantitative estimate of drug-likeness (QED) is 0.751. The molecule has 0 spiro atoms. The van der Waals surface area contributed by atoms with Crippen LogP contribution in [-0.4, -0.2) is 26.3 Å². The van der Waals surface area contributed by atoms with Crippen LogP contribution in [0.1, 0.15) is 18.4 Å². The first-order chi connectivity index (χ1) is 8.69. The highest BCUT2D eigenvalue weighted by Gasteiger charge is 2.20. The molecule has 0 radical (unpaired) electrons. The molecular formula is C15H21NO2. The van der Waals surface area contributed by atoms with Crippen LogP contribution in [0.3, 0.4) is 0 Å². The normalized spacial score (nSPS) is 14.3. The maximum absolute atomic E-state index is 5.73. The van der Waals surface area contributed by atoms with Crippen molar-refractivity contribution < 1.29 is 9.47 Å². The minimum absolute atomic E-state index is 0.527. The smallest absolute Gasteiger partial charge is 0.161 e. The van der Waals surface area contributed by atoms with Gasteiger partial charge in [0.1, 0.15) is 6.61 Å². The third kappa shape index (κ3) is 3.77. The molecule has 1 N–H and O–H groups in total. The van der Waals surface area contributed by atoms with Crippen LogP contribution >= 0.6 is 0 Å². The van der Waals surface area contributed by atoms with Gasteiger partial charge in [0.15, 0.2) is 11.5 Å². The Hall–Kier alpha value is -1.48. The molecule has 0 heterocycles. The van der Waals surface area contributed by atoms with Crippen molar-refractivity contribution in [2.24, 2.45) is 0 Å². The first kappa shape index (κ1) is 13.0. The molecule has 98 valence electrons. The number of benzene rings is 1. The lowest BCUT2D eigenvalue weighted by molar-refractivity contribution is 0.317. The Bertz CT molecular complexity index is 425. The van der Waals surface area contributed by atoms with Crippen molar-refractivity contribution in [3.8, 4) is 11.5 Å². The summed E-state index contributed by atoms with van der Waals surface area (Å²) in [4.78, 5) is 0. The minimum Gasteiger partial charge on any atom is -0.493 e. The predicted octanol–water partition coefficient (Wildman–Crippen LogP) is 2.69. The standard InChI is InChI=1S/C15H21NO2/c1-11-4-7-14(15(8-11)17-3)18-10-12(2)9-16-13-5-6-13/h4,7-8,13,16H,2,5-6,9-10H2,1,3H3. The van der Waals surface area contributed by atoms with Crippen molar-refractivity contribution in [2.75, 3.05) is 20.3 Å². The fourth-order valence-corrected chi connectivity index (χ4v) is 1.70. The number of nitrogens with one attached hydrogen (secondary N) is 1. The molecule has 0 aromatic heterocycles. The average Bonchev–Trinajstić information content (AvgIpc) is 3.18. The molecule has 1 fully saturated rings. The molecule has 0 unspecified atom stereocenters. The highest BCUT2D eigenvalue weighted by Crippen LogP contribution is 2.28. The molecule has 1 aliphatic rings. The molecule has 0 aliphatic heterocycles. The Morgan fingerprint density at radius 1 is 1.39 bits per heavy atom. The van der Waals surface area contributed by atoms with Gasteiger partial charge in [-0.15, -0.1) is 0 Å². The van der Waals surface area contributed by atoms with E-state index in [4.69, 9.17) is 9.47 Å². The molecule has 1 aliphatic carbocycles. The van der Waals surface area contributed by atoms with Crippen molar-refractivity contribution in [1.29, 1.82) is 0 Å². The molecule has 2 rings (SSSR count). The maximum Gasteiger partial charge on any atom is 0.161 e. The Morgan fingerprint density at radius 3 is 2.83 bits per heavy atom. The second-order valence-electron chi connectivity index (χ2n) is 4.85. The van der Waals surface area contributed by atoms with E-state index in [1.165, 1.54) is 12.8 Å². The summed E-state index contributed by atoms with van der Waals surface area (Å²) in [5, 5.41) is 3.42. The van der Waals surface area contributed by atoms with Gasteiger partial charge < -0.3 is 14.8 Å². The van der Waals surface area contributed by atoms with Gasteiger partial charge in [-0.2, -0.15) is 0 Å². The van der Waals surface area contributed by atoms with E-state index < -0.39 is 0 Å². The number of methoxy groups -OCH3 is 1. The summed E-state index contributed by atoms with van der Waals surface area (Å²) in [5.74, 6) is 1.55. The largest absolute Gasteiger partial charge is 0.493 e. The van der Waals surface area contributed by atoms with E-state index in [0.717, 1.165) is 29.2 Å². The van der Waals surface area contributed by atoms with Crippen LogP contribution in [0.2, 0.25) is 0 Å². The van der Waals surface area contributed by atoms with E-state index in [0.29, 0.717) is 12.6 Å². The number of ether oxygens (including phenoxy) is 2. The van der Waals surface area contributed by atoms with E-state index in [1.54, 1.807) is 7.11 Å². The van der Waals surface area contributed by atoms with Crippen molar-refractivity contribution in [3.63, 3.8) is 0 Å². The third-order valence-electron chi connectivity index (χ3n) is 2.97. The van der Waals surface area contributed by atoms with Crippen molar-refractivity contribution in [2.45, 2.75) is 25.8 Å². The van der Waals surface area contributed by atoms with Crippen molar-refractivity contribution >= 4 is 0 Å². The lowest BCUT2D eigenvalue weighted by atomic mass is 10.2. The maximum atomic E-state index is 5.73. The summed E-state index contributed by atoms with van der Waals surface area (Å²) in [7, 11) is 1.66. The van der Waals surface area contributed by atoms with Gasteiger partial charge in [0.25, 0.3) is 0 Å². The minimum atomic E-state index is 0.527. The van der Waals surface area contributed by atoms with E-state index in [9.17, 15) is 0 Å². The van der Waals surface area contributed by atoms with Gasteiger partial charge in [0.2, 0.25) is 0 Å².